The number of rotatable bonds is 3. The lowest BCUT2D eigenvalue weighted by Gasteiger charge is -2.31. The van der Waals surface area contributed by atoms with Crippen LogP contribution < -0.4 is 0 Å². The maximum Gasteiger partial charge on any atom is 0.270 e. The first-order valence-corrected chi connectivity index (χ1v) is 7.63. The molecule has 19 heavy (non-hydrogen) atoms. The lowest BCUT2D eigenvalue weighted by Crippen LogP contribution is -2.41. The quantitative estimate of drug-likeness (QED) is 0.938. The van der Waals surface area contributed by atoms with Gasteiger partial charge in [0.2, 0.25) is 0 Å². The van der Waals surface area contributed by atoms with Crippen LogP contribution in [0.2, 0.25) is 0 Å². The summed E-state index contributed by atoms with van der Waals surface area (Å²) in [6.45, 7) is 4.35. The Morgan fingerprint density at radius 2 is 2.32 bits per heavy atom. The summed E-state index contributed by atoms with van der Waals surface area (Å²) in [5.74, 6) is 0.110. The highest BCUT2D eigenvalue weighted by Crippen LogP contribution is 2.23. The van der Waals surface area contributed by atoms with Crippen molar-refractivity contribution in [1.29, 1.82) is 0 Å². The fourth-order valence-corrected chi connectivity index (χ4v) is 3.38. The molecule has 0 radical (unpaired) electrons. The standard InChI is InChI=1S/C14H18N2O2S/c1-2-18-10-3-6-16(7-4-10)14(17)12-9-13-11(15-12)5-8-19-13/h5,8-10,15H,2-4,6-7H2,1H3. The zero-order valence-corrected chi connectivity index (χ0v) is 11.8. The Bertz CT molecular complexity index is 538. The van der Waals surface area contributed by atoms with Crippen LogP contribution in [-0.4, -0.2) is 41.6 Å². The van der Waals surface area contributed by atoms with Gasteiger partial charge in [-0.25, -0.2) is 0 Å². The number of ether oxygens (including phenoxy) is 1. The van der Waals surface area contributed by atoms with E-state index in [9.17, 15) is 4.79 Å². The van der Waals surface area contributed by atoms with E-state index in [1.54, 1.807) is 11.3 Å². The van der Waals surface area contributed by atoms with Crippen LogP contribution in [0, 0.1) is 0 Å². The first-order chi connectivity index (χ1) is 9.28. The van der Waals surface area contributed by atoms with E-state index in [1.165, 1.54) is 0 Å². The Morgan fingerprint density at radius 1 is 1.53 bits per heavy atom. The molecular weight excluding hydrogens is 260 g/mol. The number of hydrogen-bond acceptors (Lipinski definition) is 3. The van der Waals surface area contributed by atoms with E-state index in [1.807, 2.05) is 29.3 Å². The van der Waals surface area contributed by atoms with E-state index in [0.29, 0.717) is 11.8 Å². The van der Waals surface area contributed by atoms with Gasteiger partial charge in [-0.3, -0.25) is 4.79 Å². The molecule has 3 rings (SSSR count). The largest absolute Gasteiger partial charge is 0.378 e. The number of aromatic nitrogens is 1. The topological polar surface area (TPSA) is 45.3 Å². The van der Waals surface area contributed by atoms with Gasteiger partial charge in [-0.2, -0.15) is 0 Å². The number of H-pyrrole nitrogens is 1. The fourth-order valence-electron chi connectivity index (χ4n) is 2.60. The molecule has 1 fully saturated rings. The van der Waals surface area contributed by atoms with Gasteiger partial charge in [0, 0.05) is 19.7 Å². The average Bonchev–Trinajstić information content (AvgIpc) is 3.00. The number of amides is 1. The Balaban J connectivity index is 1.66. The molecule has 0 aliphatic carbocycles. The van der Waals surface area contributed by atoms with Crippen molar-refractivity contribution in [3.05, 3.63) is 23.2 Å². The Labute approximate surface area is 116 Å². The molecule has 2 aromatic rings. The van der Waals surface area contributed by atoms with Gasteiger partial charge in [0.15, 0.2) is 0 Å². The number of carbonyl (C=O) groups excluding carboxylic acids is 1. The third-order valence-corrected chi connectivity index (χ3v) is 4.47. The molecule has 1 saturated heterocycles. The Morgan fingerprint density at radius 3 is 3.00 bits per heavy atom. The molecular formula is C14H18N2O2S. The van der Waals surface area contributed by atoms with Crippen molar-refractivity contribution >= 4 is 27.5 Å². The SMILES string of the molecule is CCOC1CCN(C(=O)c2cc3sccc3[nH]2)CC1. The summed E-state index contributed by atoms with van der Waals surface area (Å²) < 4.78 is 6.75. The number of carbonyl (C=O) groups is 1. The van der Waals surface area contributed by atoms with Crippen LogP contribution in [-0.2, 0) is 4.74 Å². The number of nitrogens with zero attached hydrogens (tertiary/aromatic N) is 1. The van der Waals surface area contributed by atoms with Crippen molar-refractivity contribution in [2.75, 3.05) is 19.7 Å². The number of piperidine rings is 1. The van der Waals surface area contributed by atoms with E-state index >= 15 is 0 Å². The minimum Gasteiger partial charge on any atom is -0.378 e. The number of thiophene rings is 1. The highest BCUT2D eigenvalue weighted by Gasteiger charge is 2.24. The highest BCUT2D eigenvalue weighted by atomic mass is 32.1. The second-order valence-corrected chi connectivity index (χ2v) is 5.78. The van der Waals surface area contributed by atoms with Gasteiger partial charge in [0.05, 0.1) is 16.3 Å². The van der Waals surface area contributed by atoms with Gasteiger partial charge < -0.3 is 14.6 Å². The maximum absolute atomic E-state index is 12.4. The van der Waals surface area contributed by atoms with Crippen LogP contribution in [0.4, 0.5) is 0 Å². The smallest absolute Gasteiger partial charge is 0.270 e. The summed E-state index contributed by atoms with van der Waals surface area (Å²) in [5, 5.41) is 2.03. The Hall–Kier alpha value is -1.33. The van der Waals surface area contributed by atoms with E-state index in [-0.39, 0.29) is 5.91 Å². The van der Waals surface area contributed by atoms with Gasteiger partial charge in [-0.1, -0.05) is 0 Å². The maximum atomic E-state index is 12.4. The third-order valence-electron chi connectivity index (χ3n) is 3.60. The number of hydrogen-bond donors (Lipinski definition) is 1. The van der Waals surface area contributed by atoms with Crippen LogP contribution in [0.15, 0.2) is 17.5 Å². The monoisotopic (exact) mass is 278 g/mol. The van der Waals surface area contributed by atoms with Crippen molar-refractivity contribution in [3.63, 3.8) is 0 Å². The summed E-state index contributed by atoms with van der Waals surface area (Å²) in [7, 11) is 0. The number of aromatic amines is 1. The van der Waals surface area contributed by atoms with Crippen LogP contribution in [0.1, 0.15) is 30.3 Å². The summed E-state index contributed by atoms with van der Waals surface area (Å²) in [5.41, 5.74) is 1.76. The molecule has 1 aliphatic heterocycles. The van der Waals surface area contributed by atoms with Crippen LogP contribution in [0.3, 0.4) is 0 Å². The molecule has 0 saturated carbocycles. The molecule has 3 heterocycles. The molecule has 0 atom stereocenters. The van der Waals surface area contributed by atoms with E-state index in [0.717, 1.165) is 42.8 Å². The predicted molar refractivity (Wildman–Crippen MR) is 76.7 cm³/mol. The highest BCUT2D eigenvalue weighted by molar-refractivity contribution is 7.17. The summed E-state index contributed by atoms with van der Waals surface area (Å²) in [4.78, 5) is 17.5. The van der Waals surface area contributed by atoms with Gasteiger partial charge in [-0.15, -0.1) is 11.3 Å². The molecule has 0 bridgehead atoms. The molecule has 5 heteroatoms. The van der Waals surface area contributed by atoms with Crippen molar-refractivity contribution < 1.29 is 9.53 Å². The lowest BCUT2D eigenvalue weighted by molar-refractivity contribution is 0.0144. The first-order valence-electron chi connectivity index (χ1n) is 6.75. The molecule has 1 aliphatic rings. The van der Waals surface area contributed by atoms with Gasteiger partial charge in [0.25, 0.3) is 5.91 Å². The molecule has 1 amide bonds. The van der Waals surface area contributed by atoms with Gasteiger partial charge in [-0.05, 0) is 37.3 Å². The second kappa shape index (κ2) is 5.35. The van der Waals surface area contributed by atoms with E-state index < -0.39 is 0 Å². The normalized spacial score (nSPS) is 17.2. The minimum absolute atomic E-state index is 0.110. The molecule has 0 aromatic carbocycles. The molecule has 4 nitrogen and oxygen atoms in total. The zero-order valence-electron chi connectivity index (χ0n) is 11.0. The van der Waals surface area contributed by atoms with Gasteiger partial charge >= 0.3 is 0 Å². The van der Waals surface area contributed by atoms with Gasteiger partial charge in [0.1, 0.15) is 5.69 Å². The number of likely N-dealkylation sites (tertiary alicyclic amines) is 1. The van der Waals surface area contributed by atoms with Crippen molar-refractivity contribution in [2.45, 2.75) is 25.9 Å². The zero-order chi connectivity index (χ0) is 13.2. The van der Waals surface area contributed by atoms with Crippen molar-refractivity contribution in [2.24, 2.45) is 0 Å². The third kappa shape index (κ3) is 2.53. The Kier molecular flexibility index (Phi) is 3.57. The average molecular weight is 278 g/mol. The van der Waals surface area contributed by atoms with Crippen molar-refractivity contribution in [3.8, 4) is 0 Å². The van der Waals surface area contributed by atoms with Crippen LogP contribution in [0.25, 0.3) is 10.2 Å². The van der Waals surface area contributed by atoms with Crippen LogP contribution in [0.5, 0.6) is 0 Å². The molecule has 2 aromatic heterocycles. The van der Waals surface area contributed by atoms with E-state index in [2.05, 4.69) is 4.98 Å². The van der Waals surface area contributed by atoms with Crippen molar-refractivity contribution in [1.82, 2.24) is 9.88 Å². The molecule has 0 unspecified atom stereocenters. The molecule has 0 spiro atoms. The van der Waals surface area contributed by atoms with Crippen LogP contribution >= 0.6 is 11.3 Å². The molecule has 1 N–H and O–H groups in total. The second-order valence-electron chi connectivity index (χ2n) is 4.83. The first kappa shape index (κ1) is 12.7. The fraction of sp³-hybridized carbons (Fsp3) is 0.500. The van der Waals surface area contributed by atoms with E-state index in [4.69, 9.17) is 4.74 Å². The summed E-state index contributed by atoms with van der Waals surface area (Å²) in [6.07, 6.45) is 2.20. The summed E-state index contributed by atoms with van der Waals surface area (Å²) >= 11 is 1.66. The number of fused-ring (bicyclic) bond motifs is 1. The number of nitrogens with one attached hydrogen (secondary N) is 1. The molecule has 102 valence electrons. The lowest BCUT2D eigenvalue weighted by atomic mass is 10.1. The minimum atomic E-state index is 0.110. The summed E-state index contributed by atoms with van der Waals surface area (Å²) in [6, 6.07) is 3.97. The predicted octanol–water partition coefficient (Wildman–Crippen LogP) is 2.87.